The first kappa shape index (κ1) is 14.6. The summed E-state index contributed by atoms with van der Waals surface area (Å²) in [7, 11) is 0. The van der Waals surface area contributed by atoms with E-state index >= 15 is 0 Å². The molecule has 0 radical (unpaired) electrons. The van der Waals surface area contributed by atoms with E-state index in [0.717, 1.165) is 25.8 Å². The van der Waals surface area contributed by atoms with Gasteiger partial charge in [0.25, 0.3) is 0 Å². The van der Waals surface area contributed by atoms with Crippen LogP contribution in [0.4, 0.5) is 0 Å². The van der Waals surface area contributed by atoms with Gasteiger partial charge in [-0.05, 0) is 50.2 Å². The van der Waals surface area contributed by atoms with Gasteiger partial charge < -0.3 is 10.6 Å². The van der Waals surface area contributed by atoms with Crippen LogP contribution >= 0.6 is 0 Å². The molecule has 1 saturated heterocycles. The van der Waals surface area contributed by atoms with Crippen LogP contribution in [-0.2, 0) is 11.2 Å². The predicted octanol–water partition coefficient (Wildman–Crippen LogP) is 2.75. The molecule has 1 amide bonds. The highest BCUT2D eigenvalue weighted by molar-refractivity contribution is 5.84. The third kappa shape index (κ3) is 3.46. The van der Waals surface area contributed by atoms with E-state index in [1.54, 1.807) is 0 Å². The summed E-state index contributed by atoms with van der Waals surface area (Å²) in [6.07, 6.45) is 6.90. The Hall–Kier alpha value is -1.35. The fraction of sp³-hybridized carbons (Fsp3) is 0.611. The number of amides is 1. The molecule has 1 aromatic rings. The zero-order valence-corrected chi connectivity index (χ0v) is 12.9. The van der Waals surface area contributed by atoms with Gasteiger partial charge in [0.05, 0.1) is 5.92 Å². The zero-order chi connectivity index (χ0) is 14.7. The van der Waals surface area contributed by atoms with Gasteiger partial charge in [0, 0.05) is 18.6 Å². The number of carbonyl (C=O) groups is 1. The molecule has 0 bridgehead atoms. The lowest BCUT2D eigenvalue weighted by molar-refractivity contribution is -0.123. The molecule has 0 spiro atoms. The molecular weight excluding hydrogens is 260 g/mol. The Morgan fingerprint density at radius 2 is 2.10 bits per heavy atom. The van der Waals surface area contributed by atoms with E-state index in [2.05, 4.69) is 41.8 Å². The largest absolute Gasteiger partial charge is 0.354 e. The highest BCUT2D eigenvalue weighted by Gasteiger charge is 2.27. The average molecular weight is 286 g/mol. The molecule has 3 unspecified atom stereocenters. The Kier molecular flexibility index (Phi) is 4.59. The topological polar surface area (TPSA) is 41.1 Å². The molecule has 2 aliphatic rings. The summed E-state index contributed by atoms with van der Waals surface area (Å²) in [4.78, 5) is 12.5. The first-order chi connectivity index (χ1) is 10.2. The number of rotatable bonds is 3. The van der Waals surface area contributed by atoms with Crippen LogP contribution in [-0.4, -0.2) is 24.5 Å². The lowest BCUT2D eigenvalue weighted by Gasteiger charge is -2.30. The van der Waals surface area contributed by atoms with Crippen molar-refractivity contribution in [2.24, 2.45) is 0 Å². The van der Waals surface area contributed by atoms with Crippen LogP contribution < -0.4 is 10.6 Å². The van der Waals surface area contributed by atoms with Gasteiger partial charge in [0.15, 0.2) is 0 Å². The molecule has 3 atom stereocenters. The minimum atomic E-state index is 0.0518. The van der Waals surface area contributed by atoms with Gasteiger partial charge in [-0.3, -0.25) is 4.79 Å². The second-order valence-electron chi connectivity index (χ2n) is 6.58. The second kappa shape index (κ2) is 6.61. The highest BCUT2D eigenvalue weighted by atomic mass is 16.1. The summed E-state index contributed by atoms with van der Waals surface area (Å²) in [6, 6.07) is 9.44. The van der Waals surface area contributed by atoms with Gasteiger partial charge in [0.2, 0.25) is 5.91 Å². The molecule has 1 heterocycles. The molecule has 0 aromatic heterocycles. The van der Waals surface area contributed by atoms with Crippen molar-refractivity contribution < 1.29 is 4.79 Å². The van der Waals surface area contributed by atoms with Crippen molar-refractivity contribution in [3.63, 3.8) is 0 Å². The van der Waals surface area contributed by atoms with Gasteiger partial charge in [-0.15, -0.1) is 0 Å². The van der Waals surface area contributed by atoms with Gasteiger partial charge in [-0.25, -0.2) is 0 Å². The van der Waals surface area contributed by atoms with Crippen molar-refractivity contribution in [3.8, 4) is 0 Å². The Bertz CT molecular complexity index is 500. The van der Waals surface area contributed by atoms with Crippen molar-refractivity contribution in [1.82, 2.24) is 10.6 Å². The number of hydrogen-bond donors (Lipinski definition) is 2. The summed E-state index contributed by atoms with van der Waals surface area (Å²) >= 11 is 0. The van der Waals surface area contributed by atoms with Crippen molar-refractivity contribution in [2.75, 3.05) is 6.54 Å². The third-order valence-electron chi connectivity index (χ3n) is 4.92. The number of aryl methyl sites for hydroxylation is 1. The standard InChI is InChI=1S/C18H26N2O/c1-13-6-4-9-15(20-13)12-19-18(21)17-11-5-8-14-7-2-3-10-16(14)17/h2-3,7,10,13,15,17,20H,4-6,8-9,11-12H2,1H3,(H,19,21). The van der Waals surface area contributed by atoms with Gasteiger partial charge in [0.1, 0.15) is 0 Å². The maximum Gasteiger partial charge on any atom is 0.227 e. The minimum Gasteiger partial charge on any atom is -0.354 e. The van der Waals surface area contributed by atoms with Crippen molar-refractivity contribution in [3.05, 3.63) is 35.4 Å². The summed E-state index contributed by atoms with van der Waals surface area (Å²) in [5.74, 6) is 0.262. The molecule has 3 rings (SSSR count). The summed E-state index contributed by atoms with van der Waals surface area (Å²) in [5, 5.41) is 6.76. The third-order valence-corrected chi connectivity index (χ3v) is 4.92. The molecular formula is C18H26N2O. The van der Waals surface area contributed by atoms with Crippen LogP contribution in [0.3, 0.4) is 0 Å². The number of benzene rings is 1. The van der Waals surface area contributed by atoms with E-state index in [1.165, 1.54) is 30.4 Å². The minimum absolute atomic E-state index is 0.0518. The Morgan fingerprint density at radius 3 is 2.95 bits per heavy atom. The highest BCUT2D eigenvalue weighted by Crippen LogP contribution is 2.31. The number of carbonyl (C=O) groups excluding carboxylic acids is 1. The van der Waals surface area contributed by atoms with Crippen molar-refractivity contribution in [1.29, 1.82) is 0 Å². The molecule has 1 aliphatic heterocycles. The van der Waals surface area contributed by atoms with Crippen LogP contribution in [0.2, 0.25) is 0 Å². The van der Waals surface area contributed by atoms with Crippen LogP contribution in [0.15, 0.2) is 24.3 Å². The van der Waals surface area contributed by atoms with E-state index in [-0.39, 0.29) is 11.8 Å². The first-order valence-electron chi connectivity index (χ1n) is 8.35. The monoisotopic (exact) mass is 286 g/mol. The van der Waals surface area contributed by atoms with Crippen LogP contribution in [0.5, 0.6) is 0 Å². The molecule has 114 valence electrons. The summed E-state index contributed by atoms with van der Waals surface area (Å²) < 4.78 is 0. The van der Waals surface area contributed by atoms with Crippen LogP contribution in [0.1, 0.15) is 56.1 Å². The van der Waals surface area contributed by atoms with Crippen LogP contribution in [0.25, 0.3) is 0 Å². The average Bonchev–Trinajstić information content (AvgIpc) is 2.52. The molecule has 21 heavy (non-hydrogen) atoms. The fourth-order valence-electron chi connectivity index (χ4n) is 3.77. The van der Waals surface area contributed by atoms with E-state index < -0.39 is 0 Å². The van der Waals surface area contributed by atoms with E-state index in [9.17, 15) is 4.79 Å². The van der Waals surface area contributed by atoms with E-state index in [0.29, 0.717) is 12.1 Å². The van der Waals surface area contributed by atoms with Gasteiger partial charge >= 0.3 is 0 Å². The maximum atomic E-state index is 12.5. The van der Waals surface area contributed by atoms with E-state index in [4.69, 9.17) is 0 Å². The first-order valence-corrected chi connectivity index (χ1v) is 8.35. The molecule has 3 heteroatoms. The van der Waals surface area contributed by atoms with Crippen molar-refractivity contribution >= 4 is 5.91 Å². The second-order valence-corrected chi connectivity index (χ2v) is 6.58. The molecule has 1 aliphatic carbocycles. The number of fused-ring (bicyclic) bond motifs is 1. The molecule has 0 saturated carbocycles. The Morgan fingerprint density at radius 1 is 1.24 bits per heavy atom. The number of piperidine rings is 1. The smallest absolute Gasteiger partial charge is 0.227 e. The summed E-state index contributed by atoms with van der Waals surface area (Å²) in [5.41, 5.74) is 2.60. The summed E-state index contributed by atoms with van der Waals surface area (Å²) in [6.45, 7) is 2.99. The van der Waals surface area contributed by atoms with Gasteiger partial charge in [-0.2, -0.15) is 0 Å². The quantitative estimate of drug-likeness (QED) is 0.897. The normalized spacial score (nSPS) is 28.7. The SMILES string of the molecule is CC1CCCC(CNC(=O)C2CCCc3ccccc32)N1. The predicted molar refractivity (Wildman–Crippen MR) is 85.4 cm³/mol. The molecule has 3 nitrogen and oxygen atoms in total. The lowest BCUT2D eigenvalue weighted by atomic mass is 9.82. The Balaban J connectivity index is 1.59. The molecule has 1 fully saturated rings. The van der Waals surface area contributed by atoms with Crippen LogP contribution in [0, 0.1) is 0 Å². The number of hydrogen-bond acceptors (Lipinski definition) is 2. The Labute approximate surface area is 127 Å². The fourth-order valence-corrected chi connectivity index (χ4v) is 3.77. The molecule has 2 N–H and O–H groups in total. The number of nitrogens with one attached hydrogen (secondary N) is 2. The lowest BCUT2D eigenvalue weighted by Crippen LogP contribution is -2.48. The van der Waals surface area contributed by atoms with E-state index in [1.807, 2.05) is 0 Å². The maximum absolute atomic E-state index is 12.5. The zero-order valence-electron chi connectivity index (χ0n) is 12.9. The van der Waals surface area contributed by atoms with Crippen molar-refractivity contribution in [2.45, 2.75) is 63.5 Å². The van der Waals surface area contributed by atoms with Gasteiger partial charge in [-0.1, -0.05) is 30.7 Å². The molecule has 1 aromatic carbocycles.